The number of nitrogens with two attached hydrogens (primary N) is 2. The van der Waals surface area contributed by atoms with Crippen LogP contribution in [0.3, 0.4) is 0 Å². The van der Waals surface area contributed by atoms with E-state index in [0.29, 0.717) is 23.6 Å². The number of amides is 3. The quantitative estimate of drug-likeness (QED) is 0.354. The molecule has 1 atom stereocenters. The van der Waals surface area contributed by atoms with Crippen LogP contribution >= 0.6 is 11.5 Å². The van der Waals surface area contributed by atoms with E-state index in [-0.39, 0.29) is 28.2 Å². The van der Waals surface area contributed by atoms with Crippen LogP contribution in [-0.4, -0.2) is 34.7 Å². The molecule has 9 nitrogen and oxygen atoms in total. The van der Waals surface area contributed by atoms with Gasteiger partial charge in [0.05, 0.1) is 12.3 Å². The number of hydrogen-bond acceptors (Lipinski definition) is 7. The van der Waals surface area contributed by atoms with E-state index in [1.807, 2.05) is 39.0 Å². The number of nitrogen functional groups attached to an aromatic ring is 1. The van der Waals surface area contributed by atoms with Crippen LogP contribution in [0.15, 0.2) is 42.5 Å². The van der Waals surface area contributed by atoms with Gasteiger partial charge in [0, 0.05) is 11.7 Å². The van der Waals surface area contributed by atoms with Crippen molar-refractivity contribution in [3.63, 3.8) is 0 Å². The molecule has 0 radical (unpaired) electrons. The maximum atomic E-state index is 14.3. The molecule has 1 aromatic heterocycles. The Bertz CT molecular complexity index is 1350. The topological polar surface area (TPSA) is 141 Å². The molecule has 1 saturated carbocycles. The van der Waals surface area contributed by atoms with Crippen molar-refractivity contribution in [3.05, 3.63) is 69.7 Å². The summed E-state index contributed by atoms with van der Waals surface area (Å²) in [7, 11) is 0. The number of rotatable bonds is 9. The number of hydrogen-bond donors (Lipinski definition) is 3. The van der Waals surface area contributed by atoms with E-state index < -0.39 is 17.9 Å². The van der Waals surface area contributed by atoms with Gasteiger partial charge in [-0.25, -0.2) is 0 Å². The summed E-state index contributed by atoms with van der Waals surface area (Å²) in [5, 5.41) is 3.20. The summed E-state index contributed by atoms with van der Waals surface area (Å²) in [5.41, 5.74) is 14.3. The molecular formula is C29H35N5O4S. The Morgan fingerprint density at radius 1 is 1.10 bits per heavy atom. The fourth-order valence-corrected chi connectivity index (χ4v) is 5.78. The Balaban J connectivity index is 1.86. The number of nitrogens with one attached hydrogen (secondary N) is 1. The molecule has 0 spiro atoms. The molecule has 2 aromatic carbocycles. The summed E-state index contributed by atoms with van der Waals surface area (Å²) in [6, 6.07) is 11.8. The van der Waals surface area contributed by atoms with Crippen LogP contribution in [0.2, 0.25) is 0 Å². The van der Waals surface area contributed by atoms with E-state index in [2.05, 4.69) is 9.69 Å². The van der Waals surface area contributed by atoms with Gasteiger partial charge in [-0.1, -0.05) is 49.1 Å². The van der Waals surface area contributed by atoms with E-state index in [9.17, 15) is 14.4 Å². The molecular weight excluding hydrogens is 514 g/mol. The van der Waals surface area contributed by atoms with Crippen LogP contribution in [0.1, 0.15) is 81.9 Å². The second kappa shape index (κ2) is 12.3. The second-order valence-electron chi connectivity index (χ2n) is 9.85. The van der Waals surface area contributed by atoms with Crippen molar-refractivity contribution in [3.8, 4) is 5.75 Å². The van der Waals surface area contributed by atoms with Crippen molar-refractivity contribution in [2.75, 3.05) is 17.2 Å². The average molecular weight is 550 g/mol. The third kappa shape index (κ3) is 6.22. The zero-order chi connectivity index (χ0) is 28.1. The van der Waals surface area contributed by atoms with E-state index in [1.165, 1.54) is 4.90 Å². The number of nitrogens with zero attached hydrogens (tertiary/aromatic N) is 2. The van der Waals surface area contributed by atoms with Crippen LogP contribution < -0.4 is 26.4 Å². The van der Waals surface area contributed by atoms with Crippen molar-refractivity contribution in [1.29, 1.82) is 0 Å². The van der Waals surface area contributed by atoms with Crippen molar-refractivity contribution in [2.24, 2.45) is 5.73 Å². The van der Waals surface area contributed by atoms with Crippen LogP contribution in [0.5, 0.6) is 5.75 Å². The predicted molar refractivity (Wildman–Crippen MR) is 153 cm³/mol. The zero-order valence-corrected chi connectivity index (χ0v) is 23.3. The number of anilines is 2. The average Bonchev–Trinajstić information content (AvgIpc) is 3.30. The Morgan fingerprint density at radius 2 is 1.79 bits per heavy atom. The maximum Gasteiger partial charge on any atom is 0.273 e. The fourth-order valence-electron chi connectivity index (χ4n) is 5.04. The lowest BCUT2D eigenvalue weighted by Gasteiger charge is -2.34. The minimum atomic E-state index is -1.02. The molecule has 1 fully saturated rings. The van der Waals surface area contributed by atoms with Gasteiger partial charge in [-0.3, -0.25) is 19.3 Å². The molecule has 0 aliphatic heterocycles. The molecule has 1 aliphatic rings. The molecule has 5 N–H and O–H groups in total. The molecule has 10 heteroatoms. The van der Waals surface area contributed by atoms with Gasteiger partial charge in [0.2, 0.25) is 5.91 Å². The first-order valence-corrected chi connectivity index (χ1v) is 14.0. The first-order valence-electron chi connectivity index (χ1n) is 13.2. The summed E-state index contributed by atoms with van der Waals surface area (Å²) in [6.45, 7) is 6.25. The van der Waals surface area contributed by atoms with Gasteiger partial charge in [-0.15, -0.1) is 0 Å². The van der Waals surface area contributed by atoms with Crippen molar-refractivity contribution in [1.82, 2.24) is 9.69 Å². The first kappa shape index (κ1) is 28.1. The van der Waals surface area contributed by atoms with Crippen molar-refractivity contribution < 1.29 is 19.1 Å². The summed E-state index contributed by atoms with van der Waals surface area (Å²) >= 11 is 0.795. The lowest BCUT2D eigenvalue weighted by atomic mass is 9.94. The zero-order valence-electron chi connectivity index (χ0n) is 22.5. The lowest BCUT2D eigenvalue weighted by Crippen LogP contribution is -2.47. The molecule has 0 saturated heterocycles. The Hall–Kier alpha value is -3.92. The Labute approximate surface area is 232 Å². The van der Waals surface area contributed by atoms with Gasteiger partial charge in [0.15, 0.2) is 5.69 Å². The molecule has 39 heavy (non-hydrogen) atoms. The number of aromatic nitrogens is 1. The number of ether oxygens (including phenoxy) is 1. The highest BCUT2D eigenvalue weighted by molar-refractivity contribution is 7.09. The lowest BCUT2D eigenvalue weighted by molar-refractivity contribution is -0.123. The molecule has 0 unspecified atom stereocenters. The second-order valence-corrected chi connectivity index (χ2v) is 10.6. The van der Waals surface area contributed by atoms with E-state index in [4.69, 9.17) is 16.2 Å². The molecule has 4 rings (SSSR count). The van der Waals surface area contributed by atoms with Crippen molar-refractivity contribution >= 4 is 40.6 Å². The van der Waals surface area contributed by atoms with E-state index in [1.54, 1.807) is 24.3 Å². The SMILES string of the molecule is CCOc1ccc([C@H](C(=O)NC2CCCCC2)N(C(=O)c2snc(C(N)=O)c2N)c2ccc(C)cc2C)cc1. The first-order chi connectivity index (χ1) is 18.7. The predicted octanol–water partition coefficient (Wildman–Crippen LogP) is 4.68. The fraction of sp³-hybridized carbons (Fsp3) is 0.379. The molecule has 0 bridgehead atoms. The van der Waals surface area contributed by atoms with Crippen LogP contribution in [0, 0.1) is 13.8 Å². The number of primary amides is 1. The highest BCUT2D eigenvalue weighted by atomic mass is 32.1. The van der Waals surface area contributed by atoms with E-state index in [0.717, 1.165) is 54.8 Å². The molecule has 1 heterocycles. The highest BCUT2D eigenvalue weighted by Gasteiger charge is 2.37. The van der Waals surface area contributed by atoms with Gasteiger partial charge in [-0.05, 0) is 74.5 Å². The summed E-state index contributed by atoms with van der Waals surface area (Å²) < 4.78 is 9.64. The highest BCUT2D eigenvalue weighted by Crippen LogP contribution is 2.36. The van der Waals surface area contributed by atoms with Gasteiger partial charge >= 0.3 is 0 Å². The minimum Gasteiger partial charge on any atom is -0.494 e. The van der Waals surface area contributed by atoms with Crippen LogP contribution in [0.25, 0.3) is 0 Å². The van der Waals surface area contributed by atoms with Gasteiger partial charge in [-0.2, -0.15) is 4.37 Å². The standard InChI is InChI=1S/C29H35N5O4S/c1-4-38-21-13-11-19(12-14-21)25(28(36)32-20-8-6-5-7-9-20)34(22-15-10-17(2)16-18(22)3)29(37)26-23(30)24(27(31)35)33-39-26/h10-16,20,25H,4-9,30H2,1-3H3,(H2,31,35)(H,32,36)/t25-/m1/s1. The monoisotopic (exact) mass is 549 g/mol. The van der Waals surface area contributed by atoms with Gasteiger partial charge in [0.1, 0.15) is 16.7 Å². The third-order valence-electron chi connectivity index (χ3n) is 6.95. The van der Waals surface area contributed by atoms with Gasteiger partial charge < -0.3 is 21.5 Å². The third-order valence-corrected chi connectivity index (χ3v) is 7.80. The summed E-state index contributed by atoms with van der Waals surface area (Å²) in [5.74, 6) is -0.992. The molecule has 3 aromatic rings. The molecule has 1 aliphatic carbocycles. The maximum absolute atomic E-state index is 14.3. The summed E-state index contributed by atoms with van der Waals surface area (Å²) in [6.07, 6.45) is 5.03. The largest absolute Gasteiger partial charge is 0.494 e. The molecule has 3 amide bonds. The van der Waals surface area contributed by atoms with E-state index >= 15 is 0 Å². The Kier molecular flexibility index (Phi) is 8.86. The van der Waals surface area contributed by atoms with Crippen LogP contribution in [-0.2, 0) is 4.79 Å². The minimum absolute atomic E-state index is 0.0300. The number of carbonyl (C=O) groups is 3. The van der Waals surface area contributed by atoms with Crippen molar-refractivity contribution in [2.45, 2.75) is 65.0 Å². The normalized spacial score (nSPS) is 14.4. The summed E-state index contributed by atoms with van der Waals surface area (Å²) in [4.78, 5) is 41.7. The Morgan fingerprint density at radius 3 is 2.38 bits per heavy atom. The number of aryl methyl sites for hydroxylation is 2. The molecule has 206 valence electrons. The number of carbonyl (C=O) groups excluding carboxylic acids is 3. The van der Waals surface area contributed by atoms with Crippen LogP contribution in [0.4, 0.5) is 11.4 Å². The number of benzene rings is 2. The smallest absolute Gasteiger partial charge is 0.273 e. The van der Waals surface area contributed by atoms with Gasteiger partial charge in [0.25, 0.3) is 11.8 Å².